The van der Waals surface area contributed by atoms with Crippen molar-refractivity contribution in [3.8, 4) is 5.75 Å². The van der Waals surface area contributed by atoms with Crippen molar-refractivity contribution in [3.63, 3.8) is 0 Å². The van der Waals surface area contributed by atoms with E-state index in [1.54, 1.807) is 36.4 Å². The highest BCUT2D eigenvalue weighted by Crippen LogP contribution is 2.29. The molecule has 0 aliphatic carbocycles. The summed E-state index contributed by atoms with van der Waals surface area (Å²) in [7, 11) is 2.87. The quantitative estimate of drug-likeness (QED) is 0.642. The van der Waals surface area contributed by atoms with Crippen LogP contribution in [0.15, 0.2) is 40.9 Å². The lowest BCUT2D eigenvalue weighted by Crippen LogP contribution is -2.12. The second kappa shape index (κ2) is 7.20. The number of amides is 1. The van der Waals surface area contributed by atoms with Crippen molar-refractivity contribution in [1.29, 1.82) is 0 Å². The van der Waals surface area contributed by atoms with Crippen LogP contribution in [-0.4, -0.2) is 31.1 Å². The maximum atomic E-state index is 12.5. The van der Waals surface area contributed by atoms with Gasteiger partial charge in [-0.3, -0.25) is 10.1 Å². The van der Waals surface area contributed by atoms with Crippen molar-refractivity contribution in [2.45, 2.75) is 0 Å². The highest BCUT2D eigenvalue weighted by molar-refractivity contribution is 9.10. The van der Waals surface area contributed by atoms with Crippen molar-refractivity contribution in [2.75, 3.05) is 19.5 Å². The Labute approximate surface area is 155 Å². The maximum absolute atomic E-state index is 12.5. The van der Waals surface area contributed by atoms with Gasteiger partial charge in [0, 0.05) is 4.47 Å². The SMILES string of the molecule is COC(=O)c1ccc2nc(NC(=O)c3cc(OC)ccc3Br)sc2c1. The summed E-state index contributed by atoms with van der Waals surface area (Å²) in [5, 5.41) is 3.21. The van der Waals surface area contributed by atoms with Gasteiger partial charge in [-0.15, -0.1) is 0 Å². The molecular formula is C17H13BrN2O4S. The minimum Gasteiger partial charge on any atom is -0.497 e. The summed E-state index contributed by atoms with van der Waals surface area (Å²) >= 11 is 4.64. The number of nitrogens with zero attached hydrogens (tertiary/aromatic N) is 1. The van der Waals surface area contributed by atoms with Crippen molar-refractivity contribution in [3.05, 3.63) is 52.0 Å². The number of carbonyl (C=O) groups excluding carboxylic acids is 2. The molecule has 1 heterocycles. The number of aromatic nitrogens is 1. The van der Waals surface area contributed by atoms with E-state index in [4.69, 9.17) is 9.47 Å². The summed E-state index contributed by atoms with van der Waals surface area (Å²) in [5.41, 5.74) is 1.57. The summed E-state index contributed by atoms with van der Waals surface area (Å²) in [6, 6.07) is 10.2. The summed E-state index contributed by atoms with van der Waals surface area (Å²) in [4.78, 5) is 28.5. The molecule has 0 atom stereocenters. The number of halogens is 1. The topological polar surface area (TPSA) is 77.5 Å². The number of benzene rings is 2. The Bertz CT molecular complexity index is 970. The molecule has 3 rings (SSSR count). The van der Waals surface area contributed by atoms with E-state index in [9.17, 15) is 9.59 Å². The van der Waals surface area contributed by atoms with E-state index in [-0.39, 0.29) is 5.91 Å². The molecule has 2 aromatic carbocycles. The van der Waals surface area contributed by atoms with Gasteiger partial charge < -0.3 is 9.47 Å². The zero-order valence-corrected chi connectivity index (χ0v) is 15.7. The summed E-state index contributed by atoms with van der Waals surface area (Å²) in [6.45, 7) is 0. The van der Waals surface area contributed by atoms with Crippen molar-refractivity contribution in [1.82, 2.24) is 4.98 Å². The molecule has 0 fully saturated rings. The van der Waals surface area contributed by atoms with Gasteiger partial charge in [0.1, 0.15) is 5.75 Å². The summed E-state index contributed by atoms with van der Waals surface area (Å²) < 4.78 is 11.3. The number of fused-ring (bicyclic) bond motifs is 1. The molecule has 1 aromatic heterocycles. The second-order valence-corrected chi connectivity index (χ2v) is 6.88. The van der Waals surface area contributed by atoms with Crippen LogP contribution in [0.25, 0.3) is 10.2 Å². The number of methoxy groups -OCH3 is 2. The lowest BCUT2D eigenvalue weighted by molar-refractivity contribution is 0.0601. The molecule has 8 heteroatoms. The van der Waals surface area contributed by atoms with E-state index in [0.29, 0.717) is 32.0 Å². The molecule has 0 unspecified atom stereocenters. The van der Waals surface area contributed by atoms with Gasteiger partial charge >= 0.3 is 5.97 Å². The number of ether oxygens (including phenoxy) is 2. The average Bonchev–Trinajstić information content (AvgIpc) is 3.02. The number of hydrogen-bond donors (Lipinski definition) is 1. The summed E-state index contributed by atoms with van der Waals surface area (Å²) in [6.07, 6.45) is 0. The Morgan fingerprint density at radius 1 is 1.16 bits per heavy atom. The van der Waals surface area contributed by atoms with Gasteiger partial charge in [-0.1, -0.05) is 11.3 Å². The molecule has 0 radical (unpaired) electrons. The molecule has 0 bridgehead atoms. The molecule has 128 valence electrons. The number of rotatable bonds is 4. The normalized spacial score (nSPS) is 10.5. The lowest BCUT2D eigenvalue weighted by Gasteiger charge is -2.06. The molecule has 0 aliphatic rings. The first-order valence-corrected chi connectivity index (χ1v) is 8.76. The fraction of sp³-hybridized carbons (Fsp3) is 0.118. The van der Waals surface area contributed by atoms with E-state index in [0.717, 1.165) is 4.70 Å². The monoisotopic (exact) mass is 420 g/mol. The lowest BCUT2D eigenvalue weighted by atomic mass is 10.2. The molecule has 25 heavy (non-hydrogen) atoms. The Morgan fingerprint density at radius 3 is 2.68 bits per heavy atom. The Kier molecular flexibility index (Phi) is 5.00. The van der Waals surface area contributed by atoms with E-state index in [1.165, 1.54) is 25.6 Å². The molecular weight excluding hydrogens is 408 g/mol. The average molecular weight is 421 g/mol. The van der Waals surface area contributed by atoms with E-state index in [2.05, 4.69) is 26.2 Å². The van der Waals surface area contributed by atoms with Gasteiger partial charge in [0.15, 0.2) is 5.13 Å². The number of hydrogen-bond acceptors (Lipinski definition) is 6. The zero-order valence-electron chi connectivity index (χ0n) is 13.3. The minimum atomic E-state index is -0.416. The Hall–Kier alpha value is -2.45. The number of anilines is 1. The number of esters is 1. The van der Waals surface area contributed by atoms with Crippen LogP contribution >= 0.6 is 27.3 Å². The molecule has 0 spiro atoms. The largest absolute Gasteiger partial charge is 0.497 e. The number of thiazole rings is 1. The van der Waals surface area contributed by atoms with Crippen molar-refractivity contribution < 1.29 is 19.1 Å². The molecule has 1 amide bonds. The van der Waals surface area contributed by atoms with Crippen LogP contribution < -0.4 is 10.1 Å². The van der Waals surface area contributed by atoms with E-state index in [1.807, 2.05) is 0 Å². The van der Waals surface area contributed by atoms with Crippen molar-refractivity contribution in [2.24, 2.45) is 0 Å². The van der Waals surface area contributed by atoms with Crippen LogP contribution in [0.5, 0.6) is 5.75 Å². The van der Waals surface area contributed by atoms with Crippen molar-refractivity contribution >= 4 is 54.5 Å². The van der Waals surface area contributed by atoms with Crippen LogP contribution in [0, 0.1) is 0 Å². The van der Waals surface area contributed by atoms with E-state index < -0.39 is 5.97 Å². The zero-order chi connectivity index (χ0) is 18.0. The summed E-state index contributed by atoms with van der Waals surface area (Å²) in [5.74, 6) is -0.139. The van der Waals surface area contributed by atoms with Crippen LogP contribution in [0.3, 0.4) is 0 Å². The van der Waals surface area contributed by atoms with Crippen LogP contribution in [0.1, 0.15) is 20.7 Å². The first-order valence-electron chi connectivity index (χ1n) is 7.15. The third kappa shape index (κ3) is 3.64. The van der Waals surface area contributed by atoms with Gasteiger partial charge in [0.05, 0.1) is 35.6 Å². The molecule has 3 aromatic rings. The standard InChI is InChI=1S/C17H13BrN2O4S/c1-23-10-4-5-12(18)11(8-10)15(21)20-17-19-13-6-3-9(16(22)24-2)7-14(13)25-17/h3-8H,1-2H3,(H,19,20,21). The highest BCUT2D eigenvalue weighted by atomic mass is 79.9. The fourth-order valence-electron chi connectivity index (χ4n) is 2.19. The molecule has 1 N–H and O–H groups in total. The second-order valence-electron chi connectivity index (χ2n) is 4.99. The van der Waals surface area contributed by atoms with E-state index >= 15 is 0 Å². The third-order valence-electron chi connectivity index (χ3n) is 3.45. The number of nitrogens with one attached hydrogen (secondary N) is 1. The highest BCUT2D eigenvalue weighted by Gasteiger charge is 2.15. The van der Waals surface area contributed by atoms with Gasteiger partial charge in [0.2, 0.25) is 0 Å². The number of carbonyl (C=O) groups is 2. The molecule has 0 saturated carbocycles. The third-order valence-corrected chi connectivity index (χ3v) is 5.07. The molecule has 0 saturated heterocycles. The first kappa shape index (κ1) is 17.4. The minimum absolute atomic E-state index is 0.307. The molecule has 0 aliphatic heterocycles. The smallest absolute Gasteiger partial charge is 0.337 e. The van der Waals surface area contributed by atoms with Gasteiger partial charge in [0.25, 0.3) is 5.91 Å². The molecule has 6 nitrogen and oxygen atoms in total. The first-order chi connectivity index (χ1) is 12.0. The fourth-order valence-corrected chi connectivity index (χ4v) is 3.52. The predicted molar refractivity (Wildman–Crippen MR) is 99.6 cm³/mol. The Morgan fingerprint density at radius 2 is 1.96 bits per heavy atom. The van der Waals surface area contributed by atoms with Crippen LogP contribution in [-0.2, 0) is 4.74 Å². The van der Waals surface area contributed by atoms with Gasteiger partial charge in [-0.2, -0.15) is 0 Å². The van der Waals surface area contributed by atoms with Crippen LogP contribution in [0.4, 0.5) is 5.13 Å². The predicted octanol–water partition coefficient (Wildman–Crippen LogP) is 4.11. The van der Waals surface area contributed by atoms with Gasteiger partial charge in [-0.05, 0) is 52.3 Å². The van der Waals surface area contributed by atoms with Crippen LogP contribution in [0.2, 0.25) is 0 Å². The Balaban J connectivity index is 1.87. The maximum Gasteiger partial charge on any atom is 0.337 e. The van der Waals surface area contributed by atoms with Gasteiger partial charge in [-0.25, -0.2) is 9.78 Å².